The summed E-state index contributed by atoms with van der Waals surface area (Å²) in [6, 6.07) is 0. The topological polar surface area (TPSA) is 62.9 Å². The van der Waals surface area contributed by atoms with Crippen LogP contribution in [0.25, 0.3) is 0 Å². The number of hydrogen-bond acceptors (Lipinski definition) is 4. The zero-order chi connectivity index (χ0) is 13.1. The summed E-state index contributed by atoms with van der Waals surface area (Å²) in [6.45, 7) is 9.41. The Morgan fingerprint density at radius 1 is 1.50 bits per heavy atom. The predicted molar refractivity (Wildman–Crippen MR) is 69.6 cm³/mol. The van der Waals surface area contributed by atoms with E-state index in [2.05, 4.69) is 17.6 Å². The van der Waals surface area contributed by atoms with Crippen LogP contribution in [0.3, 0.4) is 0 Å². The maximum Gasteiger partial charge on any atom is 0.221 e. The molecule has 1 aliphatic heterocycles. The molecule has 1 saturated heterocycles. The van der Waals surface area contributed by atoms with Crippen molar-refractivity contribution in [3.63, 3.8) is 0 Å². The van der Waals surface area contributed by atoms with Crippen LogP contribution in [-0.2, 0) is 35.3 Å². The molecule has 0 aromatic carbocycles. The molecule has 2 unspecified atom stereocenters. The Hall–Kier alpha value is 0.0383. The molecule has 2 N–H and O–H groups in total. The Labute approximate surface area is 126 Å². The van der Waals surface area contributed by atoms with Crippen LogP contribution in [0.4, 0.5) is 0 Å². The molecule has 0 aromatic rings. The average Bonchev–Trinajstić information content (AvgIpc) is 3.10. The number of hydrogen-bond donors (Lipinski definition) is 2. The molecular weight excluding hydrogens is 404 g/mol. The normalized spacial score (nSPS) is 20.2. The van der Waals surface area contributed by atoms with E-state index in [4.69, 9.17) is 9.47 Å². The van der Waals surface area contributed by atoms with Crippen LogP contribution in [0, 0.1) is 6.92 Å². The van der Waals surface area contributed by atoms with Crippen LogP contribution in [-0.4, -0.2) is 45.0 Å². The van der Waals surface area contributed by atoms with Crippen molar-refractivity contribution in [1.29, 1.82) is 0 Å². The van der Waals surface area contributed by atoms with Gasteiger partial charge in [-0.1, -0.05) is 20.5 Å². The minimum absolute atomic E-state index is 0. The second kappa shape index (κ2) is 13.5. The fourth-order valence-corrected chi connectivity index (χ4v) is 1.30. The van der Waals surface area contributed by atoms with E-state index in [1.807, 2.05) is 13.8 Å². The summed E-state index contributed by atoms with van der Waals surface area (Å²) in [5.74, 6) is 0.0418. The maximum absolute atomic E-state index is 10.9. The molecule has 1 aliphatic rings. The Balaban J connectivity index is -0.000000609. The molecule has 0 saturated carbocycles. The molecular formula is C12H27N2O3W-. The van der Waals surface area contributed by atoms with Gasteiger partial charge < -0.3 is 21.7 Å². The fourth-order valence-electron chi connectivity index (χ4n) is 1.30. The number of amides is 1. The quantitative estimate of drug-likeness (QED) is 0.342. The fraction of sp³-hybridized carbons (Fsp3) is 0.833. The smallest absolute Gasteiger partial charge is 0.221 e. The second-order valence-electron chi connectivity index (χ2n) is 3.37. The van der Waals surface area contributed by atoms with Crippen molar-refractivity contribution in [1.82, 2.24) is 10.6 Å². The molecule has 1 amide bonds. The summed E-state index contributed by atoms with van der Waals surface area (Å²) in [4.78, 5) is 10.9. The van der Waals surface area contributed by atoms with E-state index in [1.165, 1.54) is 0 Å². The van der Waals surface area contributed by atoms with E-state index in [1.54, 1.807) is 7.05 Å². The van der Waals surface area contributed by atoms with Gasteiger partial charge in [0.25, 0.3) is 0 Å². The Kier molecular flexibility index (Phi) is 15.2. The minimum atomic E-state index is 0. The number of ether oxygens (including phenoxy) is 2. The van der Waals surface area contributed by atoms with E-state index in [0.717, 1.165) is 6.42 Å². The molecule has 5 nitrogen and oxygen atoms in total. The molecule has 1 heterocycles. The van der Waals surface area contributed by atoms with Gasteiger partial charge in [-0.05, 0) is 0 Å². The van der Waals surface area contributed by atoms with E-state index in [0.29, 0.717) is 26.2 Å². The molecule has 0 radical (unpaired) electrons. The van der Waals surface area contributed by atoms with Crippen molar-refractivity contribution < 1.29 is 36.8 Å². The molecule has 18 heavy (non-hydrogen) atoms. The van der Waals surface area contributed by atoms with Crippen LogP contribution in [0.5, 0.6) is 0 Å². The van der Waals surface area contributed by atoms with Crippen LogP contribution in [0.15, 0.2) is 0 Å². The van der Waals surface area contributed by atoms with E-state index < -0.39 is 0 Å². The first-order valence-electron chi connectivity index (χ1n) is 6.24. The van der Waals surface area contributed by atoms with Crippen molar-refractivity contribution in [2.75, 3.05) is 26.8 Å². The summed E-state index contributed by atoms with van der Waals surface area (Å²) in [7, 11) is 1.63. The summed E-state index contributed by atoms with van der Waals surface area (Å²) in [5.41, 5.74) is 0. The van der Waals surface area contributed by atoms with Gasteiger partial charge in [0.05, 0.1) is 0 Å². The Morgan fingerprint density at radius 2 is 2.17 bits per heavy atom. The van der Waals surface area contributed by atoms with Gasteiger partial charge in [-0.2, -0.15) is 0 Å². The Bertz CT molecular complexity index is 211. The van der Waals surface area contributed by atoms with Crippen LogP contribution < -0.4 is 10.6 Å². The number of nitrogens with one attached hydrogen (secondary N) is 2. The zero-order valence-electron chi connectivity index (χ0n) is 11.5. The third-order valence-corrected chi connectivity index (χ3v) is 2.25. The first-order chi connectivity index (χ1) is 8.27. The van der Waals surface area contributed by atoms with E-state index in [-0.39, 0.29) is 40.7 Å². The van der Waals surface area contributed by atoms with Gasteiger partial charge in [-0.15, -0.1) is 0 Å². The maximum atomic E-state index is 10.9. The molecule has 2 atom stereocenters. The summed E-state index contributed by atoms with van der Waals surface area (Å²) < 4.78 is 10.4. The first kappa shape index (κ1) is 20.4. The molecule has 0 aromatic heterocycles. The van der Waals surface area contributed by atoms with Crippen molar-refractivity contribution >= 4 is 5.91 Å². The van der Waals surface area contributed by atoms with Gasteiger partial charge in [0, 0.05) is 55.5 Å². The van der Waals surface area contributed by atoms with Crippen molar-refractivity contribution in [2.24, 2.45) is 0 Å². The summed E-state index contributed by atoms with van der Waals surface area (Å²) in [5, 5.41) is 5.71. The number of carbonyl (C=O) groups excluding carboxylic acids is 1. The summed E-state index contributed by atoms with van der Waals surface area (Å²) >= 11 is 0. The Morgan fingerprint density at radius 3 is 2.72 bits per heavy atom. The molecule has 110 valence electrons. The van der Waals surface area contributed by atoms with Crippen molar-refractivity contribution in [3.05, 3.63) is 6.92 Å². The van der Waals surface area contributed by atoms with Crippen LogP contribution >= 0.6 is 0 Å². The largest absolute Gasteiger partial charge is 0.413 e. The molecule has 6 heteroatoms. The van der Waals surface area contributed by atoms with Gasteiger partial charge in [0.1, 0.15) is 12.3 Å². The average molecular weight is 431 g/mol. The number of rotatable bonds is 8. The SMILES string of the molecule is CC.[CH2-]COCCC1OC1NCCC(=O)NC.[HH].[W]. The van der Waals surface area contributed by atoms with Gasteiger partial charge >= 0.3 is 0 Å². The van der Waals surface area contributed by atoms with Gasteiger partial charge in [0.2, 0.25) is 5.91 Å². The number of carbonyl (C=O) groups is 1. The second-order valence-corrected chi connectivity index (χ2v) is 3.37. The summed E-state index contributed by atoms with van der Waals surface area (Å²) in [6.07, 6.45) is 1.70. The van der Waals surface area contributed by atoms with Gasteiger partial charge in [-0.25, -0.2) is 0 Å². The molecule has 1 rings (SSSR count). The van der Waals surface area contributed by atoms with Crippen molar-refractivity contribution in [2.45, 2.75) is 39.0 Å². The van der Waals surface area contributed by atoms with E-state index >= 15 is 0 Å². The standard InChI is InChI=1S/C10H19N2O3.C2H6.W.H2/c1-3-14-7-5-8-10(15-8)12-6-4-9(13)11-2;1-2;;/h8,10,12H,1,3-7H2,2H3,(H,11,13);1-2H3;;1H/q-1;;;. The van der Waals surface area contributed by atoms with Crippen LogP contribution in [0.2, 0.25) is 0 Å². The molecule has 1 fully saturated rings. The molecule has 0 aliphatic carbocycles. The first-order valence-corrected chi connectivity index (χ1v) is 6.24. The monoisotopic (exact) mass is 431 g/mol. The van der Waals surface area contributed by atoms with Crippen LogP contribution in [0.1, 0.15) is 28.1 Å². The van der Waals surface area contributed by atoms with Gasteiger partial charge in [0.15, 0.2) is 0 Å². The molecule has 0 bridgehead atoms. The van der Waals surface area contributed by atoms with E-state index in [9.17, 15) is 4.79 Å². The minimum Gasteiger partial charge on any atom is -0.413 e. The number of epoxide rings is 1. The van der Waals surface area contributed by atoms with Crippen molar-refractivity contribution in [3.8, 4) is 0 Å². The van der Waals surface area contributed by atoms with Gasteiger partial charge in [-0.3, -0.25) is 10.1 Å². The zero-order valence-corrected chi connectivity index (χ0v) is 14.5. The predicted octanol–water partition coefficient (Wildman–Crippen LogP) is 0.947. The third kappa shape index (κ3) is 10.0. The molecule has 0 spiro atoms. The third-order valence-electron chi connectivity index (χ3n) is 2.25.